The number of aromatic hydroxyl groups is 1. The second kappa shape index (κ2) is 9.64. The van der Waals surface area contributed by atoms with Gasteiger partial charge in [-0.15, -0.1) is 0 Å². The molecule has 46 heavy (non-hydrogen) atoms. The molecule has 240 valence electrons. The number of aliphatic hydroxyl groups excluding tert-OH is 4. The summed E-state index contributed by atoms with van der Waals surface area (Å²) in [6, 6.07) is 10.3. The molecule has 3 aromatic carbocycles. The van der Waals surface area contributed by atoms with Crippen LogP contribution in [0.25, 0.3) is 11.1 Å². The molecule has 5 heterocycles. The Labute approximate surface area is 260 Å². The molecule has 14 nitrogen and oxygen atoms in total. The maximum atomic E-state index is 12.3. The summed E-state index contributed by atoms with van der Waals surface area (Å²) in [6.07, 6.45) is -5.66. The highest BCUT2D eigenvalue weighted by molar-refractivity contribution is 5.85. The van der Waals surface area contributed by atoms with E-state index < -0.39 is 60.0 Å². The van der Waals surface area contributed by atoms with Gasteiger partial charge in [0.2, 0.25) is 17.6 Å². The number of carbonyl (C=O) groups is 1. The molecule has 14 heteroatoms. The van der Waals surface area contributed by atoms with Crippen molar-refractivity contribution in [3.05, 3.63) is 65.7 Å². The van der Waals surface area contributed by atoms with Gasteiger partial charge in [-0.1, -0.05) is 24.3 Å². The number of fused-ring (bicyclic) bond motifs is 8. The van der Waals surface area contributed by atoms with E-state index in [4.69, 9.17) is 28.4 Å². The third-order valence-electron chi connectivity index (χ3n) is 9.43. The normalized spacial score (nSPS) is 34.2. The minimum Gasteiger partial charge on any atom is -0.508 e. The van der Waals surface area contributed by atoms with Gasteiger partial charge in [0.15, 0.2) is 29.1 Å². The number of carboxylic acids is 1. The molecule has 1 spiro atoms. The molecule has 0 unspecified atom stereocenters. The Morgan fingerprint density at radius 2 is 1.78 bits per heavy atom. The zero-order valence-corrected chi connectivity index (χ0v) is 24.3. The van der Waals surface area contributed by atoms with Gasteiger partial charge >= 0.3 is 5.97 Å². The first-order chi connectivity index (χ1) is 22.0. The van der Waals surface area contributed by atoms with Gasteiger partial charge in [0, 0.05) is 11.1 Å². The molecule has 8 rings (SSSR count). The highest BCUT2D eigenvalue weighted by Crippen LogP contribution is 2.63. The number of rotatable bonds is 4. The van der Waals surface area contributed by atoms with Crippen LogP contribution in [0.5, 0.6) is 34.5 Å². The fraction of sp³-hybridized carbons (Fsp3) is 0.344. The van der Waals surface area contributed by atoms with E-state index in [-0.39, 0.29) is 22.9 Å². The van der Waals surface area contributed by atoms with E-state index in [0.717, 1.165) is 6.08 Å². The number of aliphatic carboxylic acids is 1. The number of carboxylic acid groups (broad SMARTS) is 1. The molecule has 9 atom stereocenters. The third kappa shape index (κ3) is 3.55. The van der Waals surface area contributed by atoms with Gasteiger partial charge in [0.25, 0.3) is 5.79 Å². The predicted octanol–water partition coefficient (Wildman–Crippen LogP) is 1.38. The molecular weight excluding hydrogens is 606 g/mol. The molecule has 0 saturated carbocycles. The number of phenolic OH excluding ortho intramolecular Hbond substituents is 1. The molecule has 0 aromatic heterocycles. The summed E-state index contributed by atoms with van der Waals surface area (Å²) in [4.78, 5) is 12.3. The van der Waals surface area contributed by atoms with E-state index in [1.54, 1.807) is 30.3 Å². The van der Waals surface area contributed by atoms with E-state index >= 15 is 0 Å². The minimum atomic E-state index is -2.42. The van der Waals surface area contributed by atoms with Crippen molar-refractivity contribution in [3.63, 3.8) is 0 Å². The van der Waals surface area contributed by atoms with Gasteiger partial charge in [-0.2, -0.15) is 0 Å². The lowest BCUT2D eigenvalue weighted by molar-refractivity contribution is -0.356. The highest BCUT2D eigenvalue weighted by atomic mass is 16.7. The number of nitrogens with one attached hydrogen (secondary N) is 1. The summed E-state index contributed by atoms with van der Waals surface area (Å²) >= 11 is 0. The summed E-state index contributed by atoms with van der Waals surface area (Å²) in [5.41, 5.74) is -0.128. The van der Waals surface area contributed by atoms with Crippen molar-refractivity contribution in [1.82, 2.24) is 0 Å². The molecule has 5 aliphatic rings. The minimum absolute atomic E-state index is 0.00554. The molecule has 0 radical (unpaired) electrons. The number of hydrogen-bond acceptors (Lipinski definition) is 13. The van der Waals surface area contributed by atoms with Crippen LogP contribution in [0, 0.1) is 0 Å². The molecule has 0 aliphatic carbocycles. The third-order valence-corrected chi connectivity index (χ3v) is 9.43. The molecule has 1 fully saturated rings. The molecule has 3 aromatic rings. The van der Waals surface area contributed by atoms with Crippen molar-refractivity contribution in [2.24, 2.45) is 0 Å². The topological polar surface area (TPSA) is 206 Å². The van der Waals surface area contributed by atoms with Crippen LogP contribution in [0.4, 0.5) is 5.69 Å². The molecule has 1 saturated heterocycles. The van der Waals surface area contributed by atoms with E-state index in [1.165, 1.54) is 32.4 Å². The molecular formula is C32H29NO13. The van der Waals surface area contributed by atoms with Gasteiger partial charge in [-0.05, 0) is 41.5 Å². The Hall–Kier alpha value is -4.73. The molecule has 0 amide bonds. The molecule has 7 N–H and O–H groups in total. The van der Waals surface area contributed by atoms with Crippen molar-refractivity contribution in [1.29, 1.82) is 0 Å². The van der Waals surface area contributed by atoms with Crippen LogP contribution < -0.4 is 29.0 Å². The predicted molar refractivity (Wildman–Crippen MR) is 155 cm³/mol. The number of methoxy groups -OCH3 is 2. The van der Waals surface area contributed by atoms with Crippen LogP contribution in [0.2, 0.25) is 0 Å². The number of anilines is 1. The van der Waals surface area contributed by atoms with Crippen molar-refractivity contribution >= 4 is 11.7 Å². The Bertz CT molecular complexity index is 1830. The second-order valence-electron chi connectivity index (χ2n) is 11.8. The standard InChI is InChI=1S/C32H29NO13/c1-41-16-7-6-14-20-25(43-23(14)24(16)42-2)19-15(12-4-3-5-13(34)10-12)11-17-21(26(19)44-29(20)38)33-18-8-9-31(30(39)40)27(36)22(35)28(37)32(18,45-17)46-31/h3-11,18,20,22,25,27-29,33-38H,1-2H3,(H,39,40)/t18-,20+,22+,25-,27+,28-,29-,31-,32-/m1/s1. The van der Waals surface area contributed by atoms with Crippen LogP contribution in [-0.4, -0.2) is 92.9 Å². The summed E-state index contributed by atoms with van der Waals surface area (Å²) in [6.45, 7) is 0. The Balaban J connectivity index is 1.33. The number of benzene rings is 3. The van der Waals surface area contributed by atoms with Crippen LogP contribution in [0.3, 0.4) is 0 Å². The summed E-state index contributed by atoms with van der Waals surface area (Å²) in [7, 11) is 2.97. The van der Waals surface area contributed by atoms with Crippen molar-refractivity contribution in [2.45, 2.75) is 54.1 Å². The lowest BCUT2D eigenvalue weighted by Gasteiger charge is -2.57. The maximum absolute atomic E-state index is 12.3. The van der Waals surface area contributed by atoms with Crippen molar-refractivity contribution < 1.29 is 63.9 Å². The van der Waals surface area contributed by atoms with Gasteiger partial charge in [0.1, 0.15) is 35.8 Å². The zero-order valence-electron chi connectivity index (χ0n) is 24.3. The number of ether oxygens (including phenoxy) is 6. The number of phenols is 1. The Morgan fingerprint density at radius 1 is 0.978 bits per heavy atom. The number of hydrogen-bond donors (Lipinski definition) is 7. The first kappa shape index (κ1) is 28.7. The summed E-state index contributed by atoms with van der Waals surface area (Å²) < 4.78 is 36.0. The quantitative estimate of drug-likeness (QED) is 0.202. The Kier molecular flexibility index (Phi) is 6.02. The van der Waals surface area contributed by atoms with E-state index in [9.17, 15) is 35.4 Å². The van der Waals surface area contributed by atoms with E-state index in [2.05, 4.69) is 5.32 Å². The van der Waals surface area contributed by atoms with Crippen molar-refractivity contribution in [2.75, 3.05) is 19.5 Å². The Morgan fingerprint density at radius 3 is 2.50 bits per heavy atom. The molecule has 5 aliphatic heterocycles. The molecule has 2 bridgehead atoms. The maximum Gasteiger partial charge on any atom is 0.343 e. The monoisotopic (exact) mass is 635 g/mol. The lowest BCUT2D eigenvalue weighted by Crippen LogP contribution is -2.79. The van der Waals surface area contributed by atoms with Crippen LogP contribution in [-0.2, 0) is 9.53 Å². The average molecular weight is 636 g/mol. The SMILES string of the molecule is COc1ccc2c(c1OC)O[C@@H]1c3c(-c4cccc(O)c4)cc4c(c3O[C@@H](O)[C@@H]21)N[C@@H]1C=C[C@@]2(C(=O)O)O[C@@]1(O4)[C@H](O)[C@@H](O)[C@@H]2O. The largest absolute Gasteiger partial charge is 0.508 e. The number of aliphatic hydroxyl groups is 4. The second-order valence-corrected chi connectivity index (χ2v) is 11.8. The van der Waals surface area contributed by atoms with E-state index in [1.807, 2.05) is 0 Å². The van der Waals surface area contributed by atoms with Crippen LogP contribution in [0.15, 0.2) is 54.6 Å². The van der Waals surface area contributed by atoms with Crippen LogP contribution in [0.1, 0.15) is 23.1 Å². The van der Waals surface area contributed by atoms with Gasteiger partial charge in [-0.3, -0.25) is 0 Å². The fourth-order valence-corrected chi connectivity index (χ4v) is 7.25. The summed E-state index contributed by atoms with van der Waals surface area (Å²) in [5, 5.41) is 67.7. The van der Waals surface area contributed by atoms with Gasteiger partial charge in [-0.25, -0.2) is 4.79 Å². The summed E-state index contributed by atoms with van der Waals surface area (Å²) in [5.74, 6) is -3.29. The van der Waals surface area contributed by atoms with Crippen molar-refractivity contribution in [3.8, 4) is 45.6 Å². The van der Waals surface area contributed by atoms with Crippen LogP contribution >= 0.6 is 0 Å². The fourth-order valence-electron chi connectivity index (χ4n) is 7.25. The van der Waals surface area contributed by atoms with Gasteiger partial charge in [0.05, 0.1) is 20.1 Å². The average Bonchev–Trinajstić information content (AvgIpc) is 3.45. The zero-order chi connectivity index (χ0) is 32.3. The lowest BCUT2D eigenvalue weighted by atomic mass is 9.76. The smallest absolute Gasteiger partial charge is 0.343 e. The first-order valence-electron chi connectivity index (χ1n) is 14.4. The first-order valence-corrected chi connectivity index (χ1v) is 14.4. The van der Waals surface area contributed by atoms with Gasteiger partial charge < -0.3 is 64.4 Å². The highest BCUT2D eigenvalue weighted by Gasteiger charge is 2.70. The van der Waals surface area contributed by atoms with E-state index in [0.29, 0.717) is 39.5 Å².